The van der Waals surface area contributed by atoms with Gasteiger partial charge in [0.05, 0.1) is 12.6 Å². The van der Waals surface area contributed by atoms with Gasteiger partial charge in [-0.1, -0.05) is 66.7 Å². The number of pyridine rings is 1. The number of hydrogen-bond donors (Lipinski definition) is 5. The molecule has 0 radical (unpaired) electrons. The second-order valence-corrected chi connectivity index (χ2v) is 10.2. The first kappa shape index (κ1) is 36.6. The van der Waals surface area contributed by atoms with Crippen LogP contribution in [0.25, 0.3) is 0 Å². The van der Waals surface area contributed by atoms with Gasteiger partial charge in [-0.3, -0.25) is 9.59 Å². The van der Waals surface area contributed by atoms with Crippen LogP contribution in [0.2, 0.25) is 0 Å². The molecule has 11 heteroatoms. The highest BCUT2D eigenvalue weighted by Crippen LogP contribution is 2.19. The first-order valence-corrected chi connectivity index (χ1v) is 15.1. The van der Waals surface area contributed by atoms with Gasteiger partial charge >= 0.3 is 0 Å². The molecule has 1 saturated heterocycles. The molecular formula is C34H46N6O5. The number of hydrogen-bond acceptors (Lipinski definition) is 8. The maximum atomic E-state index is 12.5. The standard InChI is InChI=1S/C19H23N3O.C14H19N3O3.CH4O/c23-19(12-11-16-7-2-1-3-8-16)22-14-6-9-17(22)15-21-18-10-4-5-13-20-18;15-14(16-9-11-5-2-1-3-6-11)17-12(7-4-8-18)13(20)10-19;1-2/h1-5,7-8,10,13,17H,6,9,11-12,14-15H2,(H,20,21);1-3,5-6,8,12,19H,4,7,9-10H2,(H3,15,16,17);2H,1H3. The fourth-order valence-corrected chi connectivity index (χ4v) is 4.75. The lowest BCUT2D eigenvalue weighted by atomic mass is 10.1. The number of aldehydes is 1. The van der Waals surface area contributed by atoms with Crippen LogP contribution in [0.4, 0.5) is 5.82 Å². The van der Waals surface area contributed by atoms with Gasteiger partial charge in [-0.15, -0.1) is 0 Å². The average molecular weight is 619 g/mol. The molecule has 1 aromatic heterocycles. The van der Waals surface area contributed by atoms with Gasteiger partial charge in [0.1, 0.15) is 18.7 Å². The minimum atomic E-state index is -0.690. The molecule has 2 atom stereocenters. The highest BCUT2D eigenvalue weighted by atomic mass is 16.3. The summed E-state index contributed by atoms with van der Waals surface area (Å²) >= 11 is 0. The van der Waals surface area contributed by atoms with Crippen LogP contribution in [-0.2, 0) is 27.3 Å². The highest BCUT2D eigenvalue weighted by molar-refractivity contribution is 5.90. The Morgan fingerprint density at radius 1 is 1.04 bits per heavy atom. The second kappa shape index (κ2) is 22.0. The van der Waals surface area contributed by atoms with Crippen molar-refractivity contribution in [2.24, 2.45) is 10.7 Å². The van der Waals surface area contributed by atoms with Gasteiger partial charge in [0.15, 0.2) is 11.7 Å². The Morgan fingerprint density at radius 3 is 2.33 bits per heavy atom. The molecule has 1 amide bonds. The molecule has 11 nitrogen and oxygen atoms in total. The number of carbonyl (C=O) groups excluding carboxylic acids is 3. The number of carbonyl (C=O) groups is 3. The lowest BCUT2D eigenvalue weighted by Crippen LogP contribution is -2.45. The number of nitrogens with zero attached hydrogens (tertiary/aromatic N) is 3. The molecule has 2 aromatic carbocycles. The summed E-state index contributed by atoms with van der Waals surface area (Å²) in [5, 5.41) is 21.9. The van der Waals surface area contributed by atoms with Gasteiger partial charge in [0.2, 0.25) is 5.91 Å². The van der Waals surface area contributed by atoms with Crippen molar-refractivity contribution < 1.29 is 24.6 Å². The zero-order valence-corrected chi connectivity index (χ0v) is 25.9. The molecule has 0 spiro atoms. The number of aliphatic imine (C=N–C) groups is 1. The predicted octanol–water partition coefficient (Wildman–Crippen LogP) is 2.73. The number of Topliss-reactive ketones (excluding diaryl/α,β-unsaturated/α-hetero) is 1. The molecule has 0 saturated carbocycles. The number of aromatic nitrogens is 1. The fourth-order valence-electron chi connectivity index (χ4n) is 4.75. The number of aryl methyl sites for hydroxylation is 1. The molecule has 3 aromatic rings. The van der Waals surface area contributed by atoms with E-state index in [9.17, 15) is 14.4 Å². The van der Waals surface area contributed by atoms with Crippen molar-refractivity contribution in [1.29, 1.82) is 0 Å². The normalized spacial score (nSPS) is 14.6. The molecule has 2 unspecified atom stereocenters. The van der Waals surface area contributed by atoms with E-state index in [1.165, 1.54) is 5.56 Å². The van der Waals surface area contributed by atoms with Crippen molar-refractivity contribution in [1.82, 2.24) is 15.2 Å². The Labute approximate surface area is 265 Å². The zero-order valence-electron chi connectivity index (χ0n) is 25.9. The van der Waals surface area contributed by atoms with E-state index in [0.717, 1.165) is 57.1 Å². The number of nitrogens with two attached hydrogens (primary N) is 1. The van der Waals surface area contributed by atoms with Crippen LogP contribution in [-0.4, -0.2) is 82.9 Å². The number of guanidine groups is 1. The summed E-state index contributed by atoms with van der Waals surface area (Å²) in [5.41, 5.74) is 7.92. The van der Waals surface area contributed by atoms with Crippen LogP contribution >= 0.6 is 0 Å². The van der Waals surface area contributed by atoms with Crippen molar-refractivity contribution >= 4 is 29.8 Å². The van der Waals surface area contributed by atoms with Crippen molar-refractivity contribution in [2.45, 2.75) is 57.2 Å². The van der Waals surface area contributed by atoms with Crippen molar-refractivity contribution in [2.75, 3.05) is 32.1 Å². The molecule has 6 N–H and O–H groups in total. The van der Waals surface area contributed by atoms with Crippen LogP contribution in [0, 0.1) is 0 Å². The van der Waals surface area contributed by atoms with Crippen LogP contribution in [0.5, 0.6) is 0 Å². The summed E-state index contributed by atoms with van der Waals surface area (Å²) in [6.45, 7) is 1.45. The van der Waals surface area contributed by atoms with Gasteiger partial charge in [0, 0.05) is 45.3 Å². The summed E-state index contributed by atoms with van der Waals surface area (Å²) in [4.78, 5) is 44.8. The summed E-state index contributed by atoms with van der Waals surface area (Å²) in [5.74, 6) is 0.839. The molecule has 1 aliphatic heterocycles. The number of nitrogens with one attached hydrogen (secondary N) is 2. The van der Waals surface area contributed by atoms with Crippen LogP contribution in [0.15, 0.2) is 90.1 Å². The van der Waals surface area contributed by atoms with E-state index in [1.807, 2.05) is 71.6 Å². The van der Waals surface area contributed by atoms with E-state index in [1.54, 1.807) is 6.20 Å². The largest absolute Gasteiger partial charge is 0.400 e. The maximum Gasteiger partial charge on any atom is 0.223 e. The lowest BCUT2D eigenvalue weighted by molar-refractivity contribution is -0.131. The summed E-state index contributed by atoms with van der Waals surface area (Å²) in [7, 11) is 1.00. The molecule has 0 aliphatic carbocycles. The van der Waals surface area contributed by atoms with Gasteiger partial charge in [-0.05, 0) is 48.9 Å². The first-order chi connectivity index (χ1) is 22.0. The number of likely N-dealkylation sites (tertiary alicyclic amines) is 1. The second-order valence-electron chi connectivity index (χ2n) is 10.2. The monoisotopic (exact) mass is 618 g/mol. The number of amides is 1. The number of rotatable bonds is 14. The Hall–Kier alpha value is -4.61. The van der Waals surface area contributed by atoms with E-state index in [-0.39, 0.29) is 30.8 Å². The third kappa shape index (κ3) is 14.1. The zero-order chi connectivity index (χ0) is 32.7. The SMILES string of the molecule is CO.NC(=NCc1ccccc1)NC(CCC=O)C(=O)CO.O=C(CCc1ccccc1)N1CCCC1CNc1ccccn1. The number of aliphatic hydroxyl groups excluding tert-OH is 2. The van der Waals surface area contributed by atoms with E-state index in [4.69, 9.17) is 15.9 Å². The Bertz CT molecular complexity index is 1280. The van der Waals surface area contributed by atoms with Crippen molar-refractivity contribution in [3.05, 3.63) is 96.2 Å². The third-order valence-corrected chi connectivity index (χ3v) is 7.07. The summed E-state index contributed by atoms with van der Waals surface area (Å²) < 4.78 is 0. The molecule has 45 heavy (non-hydrogen) atoms. The number of anilines is 1. The first-order valence-electron chi connectivity index (χ1n) is 15.1. The van der Waals surface area contributed by atoms with Crippen molar-refractivity contribution in [3.8, 4) is 0 Å². The molecule has 1 aliphatic rings. The molecule has 2 heterocycles. The minimum absolute atomic E-state index is 0.117. The minimum Gasteiger partial charge on any atom is -0.400 e. The van der Waals surface area contributed by atoms with E-state index in [0.29, 0.717) is 13.0 Å². The average Bonchev–Trinajstić information content (AvgIpc) is 3.58. The Kier molecular flexibility index (Phi) is 17.9. The summed E-state index contributed by atoms with van der Waals surface area (Å²) in [6, 6.07) is 25.2. The molecule has 1 fully saturated rings. The third-order valence-electron chi connectivity index (χ3n) is 7.07. The van der Waals surface area contributed by atoms with E-state index in [2.05, 4.69) is 32.7 Å². The van der Waals surface area contributed by atoms with Gasteiger partial charge in [0.25, 0.3) is 0 Å². The Balaban J connectivity index is 0.000000300. The van der Waals surface area contributed by atoms with E-state index >= 15 is 0 Å². The number of aliphatic hydroxyl groups is 2. The maximum absolute atomic E-state index is 12.5. The van der Waals surface area contributed by atoms with E-state index < -0.39 is 18.4 Å². The lowest BCUT2D eigenvalue weighted by Gasteiger charge is -2.25. The summed E-state index contributed by atoms with van der Waals surface area (Å²) in [6.07, 6.45) is 6.55. The van der Waals surface area contributed by atoms with Crippen molar-refractivity contribution in [3.63, 3.8) is 0 Å². The number of benzene rings is 2. The van der Waals surface area contributed by atoms with Gasteiger partial charge in [-0.25, -0.2) is 9.98 Å². The topological polar surface area (TPSA) is 170 Å². The smallest absolute Gasteiger partial charge is 0.223 e. The quantitative estimate of drug-likeness (QED) is 0.104. The van der Waals surface area contributed by atoms with Crippen LogP contribution in [0.3, 0.4) is 0 Å². The molecule has 0 bridgehead atoms. The number of ketones is 1. The van der Waals surface area contributed by atoms with Crippen LogP contribution in [0.1, 0.15) is 43.2 Å². The molecular weight excluding hydrogens is 572 g/mol. The molecule has 4 rings (SSSR count). The van der Waals surface area contributed by atoms with Gasteiger partial charge in [-0.2, -0.15) is 0 Å². The predicted molar refractivity (Wildman–Crippen MR) is 176 cm³/mol. The van der Waals surface area contributed by atoms with Gasteiger partial charge < -0.3 is 36.3 Å². The fraction of sp³-hybridized carbons (Fsp3) is 0.382. The molecule has 242 valence electrons. The van der Waals surface area contributed by atoms with Crippen LogP contribution < -0.4 is 16.4 Å². The highest BCUT2D eigenvalue weighted by Gasteiger charge is 2.28. The Morgan fingerprint density at radius 2 is 1.71 bits per heavy atom.